The van der Waals surface area contributed by atoms with E-state index in [-0.39, 0.29) is 11.5 Å². The average Bonchev–Trinajstić information content (AvgIpc) is 3.14. The second-order valence-electron chi connectivity index (χ2n) is 5.41. The predicted molar refractivity (Wildman–Crippen MR) is 94.0 cm³/mol. The molecule has 0 aliphatic rings. The third kappa shape index (κ3) is 4.11. The summed E-state index contributed by atoms with van der Waals surface area (Å²) in [6, 6.07) is 7.93. The second-order valence-corrected chi connectivity index (χ2v) is 6.44. The molecule has 4 nitrogen and oxygen atoms in total. The van der Waals surface area contributed by atoms with Gasteiger partial charge in [-0.15, -0.1) is 11.3 Å². The maximum absolute atomic E-state index is 12.2. The number of rotatable bonds is 6. The summed E-state index contributed by atoms with van der Waals surface area (Å²) in [5.74, 6) is -0.332. The van der Waals surface area contributed by atoms with E-state index in [1.165, 1.54) is 0 Å². The van der Waals surface area contributed by atoms with Crippen molar-refractivity contribution >= 4 is 23.3 Å². The molecular formula is C18H21N3OS. The molecule has 0 atom stereocenters. The first-order valence-corrected chi connectivity index (χ1v) is 8.53. The molecule has 0 radical (unpaired) electrons. The van der Waals surface area contributed by atoms with Crippen LogP contribution in [0.3, 0.4) is 0 Å². The van der Waals surface area contributed by atoms with Crippen LogP contribution in [0.25, 0.3) is 6.08 Å². The molecule has 0 aliphatic heterocycles. The second kappa shape index (κ2) is 7.80. The van der Waals surface area contributed by atoms with Crippen molar-refractivity contribution in [2.45, 2.75) is 40.3 Å². The third-order valence-electron chi connectivity index (χ3n) is 3.73. The Morgan fingerprint density at radius 3 is 2.87 bits per heavy atom. The van der Waals surface area contributed by atoms with E-state index in [2.05, 4.69) is 16.8 Å². The van der Waals surface area contributed by atoms with Crippen LogP contribution in [0.2, 0.25) is 0 Å². The molecule has 23 heavy (non-hydrogen) atoms. The number of nitrogens with zero attached hydrogens (tertiary/aromatic N) is 2. The number of hydrogen-bond acceptors (Lipinski definition) is 3. The lowest BCUT2D eigenvalue weighted by molar-refractivity contribution is -0.117. The van der Waals surface area contributed by atoms with E-state index in [9.17, 15) is 10.1 Å². The van der Waals surface area contributed by atoms with E-state index in [1.807, 2.05) is 43.5 Å². The first kappa shape index (κ1) is 17.0. The van der Waals surface area contributed by atoms with Crippen LogP contribution >= 0.6 is 11.3 Å². The number of aryl methyl sites for hydroxylation is 1. The van der Waals surface area contributed by atoms with Gasteiger partial charge in [-0.25, -0.2) is 0 Å². The van der Waals surface area contributed by atoms with Crippen LogP contribution < -0.4 is 5.32 Å². The Hall–Kier alpha value is -2.32. The van der Waals surface area contributed by atoms with E-state index in [1.54, 1.807) is 17.4 Å². The first-order chi connectivity index (χ1) is 11.1. The van der Waals surface area contributed by atoms with Gasteiger partial charge in [-0.05, 0) is 49.4 Å². The highest BCUT2D eigenvalue weighted by atomic mass is 32.1. The monoisotopic (exact) mass is 327 g/mol. The molecule has 0 saturated heterocycles. The molecule has 2 aromatic rings. The highest BCUT2D eigenvalue weighted by Crippen LogP contribution is 2.19. The Morgan fingerprint density at radius 1 is 1.48 bits per heavy atom. The molecule has 0 spiro atoms. The van der Waals surface area contributed by atoms with Gasteiger partial charge in [-0.3, -0.25) is 4.79 Å². The molecule has 0 saturated carbocycles. The molecule has 120 valence electrons. The van der Waals surface area contributed by atoms with Gasteiger partial charge in [0, 0.05) is 22.8 Å². The smallest absolute Gasteiger partial charge is 0.262 e. The Morgan fingerprint density at radius 2 is 2.26 bits per heavy atom. The molecule has 0 aliphatic carbocycles. The van der Waals surface area contributed by atoms with Crippen LogP contribution in [0.4, 0.5) is 0 Å². The van der Waals surface area contributed by atoms with E-state index < -0.39 is 0 Å². The molecule has 0 fully saturated rings. The fourth-order valence-corrected chi connectivity index (χ4v) is 3.17. The van der Waals surface area contributed by atoms with Crippen molar-refractivity contribution in [1.82, 2.24) is 9.88 Å². The van der Waals surface area contributed by atoms with E-state index in [4.69, 9.17) is 0 Å². The van der Waals surface area contributed by atoms with Crippen LogP contribution in [0.1, 0.15) is 35.2 Å². The molecule has 0 unspecified atom stereocenters. The number of amides is 1. The fraction of sp³-hybridized carbons (Fsp3) is 0.333. The van der Waals surface area contributed by atoms with Crippen LogP contribution in [0, 0.1) is 25.2 Å². The number of nitriles is 1. The Bertz CT molecular complexity index is 748. The maximum Gasteiger partial charge on any atom is 0.262 e. The van der Waals surface area contributed by atoms with Crippen LogP contribution in [0.15, 0.2) is 29.2 Å². The molecule has 2 aromatic heterocycles. The number of carbonyl (C=O) groups excluding carboxylic acids is 1. The van der Waals surface area contributed by atoms with E-state index >= 15 is 0 Å². The van der Waals surface area contributed by atoms with Crippen molar-refractivity contribution in [1.29, 1.82) is 5.26 Å². The fourth-order valence-electron chi connectivity index (χ4n) is 2.52. The van der Waals surface area contributed by atoms with Gasteiger partial charge in [0.1, 0.15) is 11.6 Å². The van der Waals surface area contributed by atoms with Crippen molar-refractivity contribution in [3.63, 3.8) is 0 Å². The van der Waals surface area contributed by atoms with Crippen molar-refractivity contribution in [3.8, 4) is 6.07 Å². The van der Waals surface area contributed by atoms with Crippen LogP contribution in [0.5, 0.6) is 0 Å². The van der Waals surface area contributed by atoms with Gasteiger partial charge < -0.3 is 9.88 Å². The van der Waals surface area contributed by atoms with Crippen LogP contribution in [-0.2, 0) is 17.9 Å². The topological polar surface area (TPSA) is 57.8 Å². The summed E-state index contributed by atoms with van der Waals surface area (Å²) >= 11 is 1.58. The van der Waals surface area contributed by atoms with Crippen molar-refractivity contribution in [2.75, 3.05) is 0 Å². The van der Waals surface area contributed by atoms with Gasteiger partial charge >= 0.3 is 0 Å². The third-order valence-corrected chi connectivity index (χ3v) is 4.60. The highest BCUT2D eigenvalue weighted by Gasteiger charge is 2.12. The number of thiophene rings is 1. The van der Waals surface area contributed by atoms with Crippen LogP contribution in [-0.4, -0.2) is 10.5 Å². The maximum atomic E-state index is 12.2. The van der Waals surface area contributed by atoms with Gasteiger partial charge in [-0.1, -0.05) is 13.0 Å². The Kier molecular flexibility index (Phi) is 5.78. The van der Waals surface area contributed by atoms with Gasteiger partial charge in [0.15, 0.2) is 0 Å². The average molecular weight is 327 g/mol. The zero-order chi connectivity index (χ0) is 16.8. The predicted octanol–water partition coefficient (Wildman–Crippen LogP) is 3.80. The van der Waals surface area contributed by atoms with Crippen molar-refractivity contribution in [2.24, 2.45) is 0 Å². The number of carbonyl (C=O) groups is 1. The molecule has 1 amide bonds. The molecule has 0 aromatic carbocycles. The molecule has 2 heterocycles. The largest absolute Gasteiger partial charge is 0.349 e. The lowest BCUT2D eigenvalue weighted by Gasteiger charge is -2.07. The van der Waals surface area contributed by atoms with E-state index in [0.717, 1.165) is 34.8 Å². The van der Waals surface area contributed by atoms with Crippen molar-refractivity contribution in [3.05, 3.63) is 51.0 Å². The minimum atomic E-state index is -0.332. The Balaban J connectivity index is 2.16. The quantitative estimate of drug-likeness (QED) is 0.648. The van der Waals surface area contributed by atoms with Gasteiger partial charge in [-0.2, -0.15) is 5.26 Å². The summed E-state index contributed by atoms with van der Waals surface area (Å²) in [6.45, 7) is 7.59. The molecule has 1 N–H and O–H groups in total. The highest BCUT2D eigenvalue weighted by molar-refractivity contribution is 7.09. The zero-order valence-corrected chi connectivity index (χ0v) is 14.5. The Labute approximate surface area is 141 Å². The minimum absolute atomic E-state index is 0.137. The lowest BCUT2D eigenvalue weighted by atomic mass is 10.1. The normalized spacial score (nSPS) is 11.3. The molecule has 2 rings (SSSR count). The lowest BCUT2D eigenvalue weighted by Crippen LogP contribution is -2.23. The summed E-state index contributed by atoms with van der Waals surface area (Å²) in [7, 11) is 0. The first-order valence-electron chi connectivity index (χ1n) is 7.66. The summed E-state index contributed by atoms with van der Waals surface area (Å²) in [4.78, 5) is 13.3. The standard InChI is InChI=1S/C18H21N3OS/c1-4-7-21-13(2)9-15(14(21)3)10-16(11-19)18(22)20-12-17-6-5-8-23-17/h5-6,8-10H,4,7,12H2,1-3H3,(H,20,22)/b16-10+. The SMILES string of the molecule is CCCn1c(C)cc(/C=C(\C#N)C(=O)NCc2cccs2)c1C. The van der Waals surface area contributed by atoms with Gasteiger partial charge in [0.25, 0.3) is 5.91 Å². The van der Waals surface area contributed by atoms with E-state index in [0.29, 0.717) is 6.54 Å². The summed E-state index contributed by atoms with van der Waals surface area (Å²) < 4.78 is 2.21. The summed E-state index contributed by atoms with van der Waals surface area (Å²) in [6.07, 6.45) is 2.73. The van der Waals surface area contributed by atoms with Crippen molar-refractivity contribution < 1.29 is 4.79 Å². The minimum Gasteiger partial charge on any atom is -0.349 e. The zero-order valence-electron chi connectivity index (χ0n) is 13.7. The molecule has 5 heteroatoms. The summed E-state index contributed by atoms with van der Waals surface area (Å²) in [5.41, 5.74) is 3.30. The number of hydrogen-bond donors (Lipinski definition) is 1. The molecule has 0 bridgehead atoms. The van der Waals surface area contributed by atoms with Gasteiger partial charge in [0.2, 0.25) is 0 Å². The summed E-state index contributed by atoms with van der Waals surface area (Å²) in [5, 5.41) is 14.1. The number of aromatic nitrogens is 1. The van der Waals surface area contributed by atoms with Gasteiger partial charge in [0.05, 0.1) is 6.54 Å². The molecular weight excluding hydrogens is 306 g/mol. The number of nitrogens with one attached hydrogen (secondary N) is 1.